The fourth-order valence-electron chi connectivity index (χ4n) is 4.24. The summed E-state index contributed by atoms with van der Waals surface area (Å²) in [6.07, 6.45) is 13.9. The van der Waals surface area contributed by atoms with E-state index in [1.54, 1.807) is 0 Å². The van der Waals surface area contributed by atoms with Crippen LogP contribution in [0.2, 0.25) is 0 Å². The molecule has 2 aliphatic carbocycles. The van der Waals surface area contributed by atoms with E-state index in [0.29, 0.717) is 12.1 Å². The van der Waals surface area contributed by atoms with Gasteiger partial charge in [-0.05, 0) is 65.2 Å². The second-order valence-corrected chi connectivity index (χ2v) is 7.71. The van der Waals surface area contributed by atoms with Gasteiger partial charge < -0.3 is 0 Å². The molecule has 126 valence electrons. The Kier molecular flexibility index (Phi) is 7.11. The summed E-state index contributed by atoms with van der Waals surface area (Å²) in [6.45, 7) is 8.92. The van der Waals surface area contributed by atoms with E-state index in [9.17, 15) is 0 Å². The number of hydrogen-bond donors (Lipinski definition) is 0. The molecule has 2 rings (SSSR count). The Morgan fingerprint density at radius 3 is 1.27 bits per heavy atom. The van der Waals surface area contributed by atoms with E-state index in [0.717, 1.165) is 11.8 Å². The Morgan fingerprint density at radius 1 is 0.636 bits per heavy atom. The largest absolute Gasteiger partial charge is 0.285 e. The minimum absolute atomic E-state index is 0.468. The van der Waals surface area contributed by atoms with Crippen LogP contribution in [-0.2, 0) is 0 Å². The molecular weight excluding hydrogens is 268 g/mol. The molecule has 2 heteroatoms. The lowest BCUT2D eigenvalue weighted by atomic mass is 9.84. The van der Waals surface area contributed by atoms with Crippen molar-refractivity contribution in [3.63, 3.8) is 0 Å². The van der Waals surface area contributed by atoms with Crippen LogP contribution in [0.4, 0.5) is 0 Å². The summed E-state index contributed by atoms with van der Waals surface area (Å²) in [6, 6.07) is 0.936. The van der Waals surface area contributed by atoms with Crippen molar-refractivity contribution in [2.24, 2.45) is 21.8 Å². The molecule has 0 spiro atoms. The maximum Gasteiger partial charge on any atom is 0.0528 e. The molecule has 0 N–H and O–H groups in total. The highest BCUT2D eigenvalue weighted by molar-refractivity contribution is 6.40. The van der Waals surface area contributed by atoms with Crippen molar-refractivity contribution in [2.45, 2.75) is 104 Å². The van der Waals surface area contributed by atoms with Crippen LogP contribution in [0.15, 0.2) is 9.98 Å². The molecule has 0 amide bonds. The van der Waals surface area contributed by atoms with Gasteiger partial charge in [-0.25, -0.2) is 0 Å². The Hall–Kier alpha value is -0.660. The van der Waals surface area contributed by atoms with Gasteiger partial charge in [-0.2, -0.15) is 0 Å². The summed E-state index contributed by atoms with van der Waals surface area (Å²) >= 11 is 0. The van der Waals surface area contributed by atoms with Crippen LogP contribution in [0.1, 0.15) is 91.9 Å². The number of rotatable bonds is 5. The van der Waals surface area contributed by atoms with Gasteiger partial charge in [0, 0.05) is 0 Å². The molecule has 0 aliphatic heterocycles. The average molecular weight is 305 g/mol. The van der Waals surface area contributed by atoms with Crippen LogP contribution in [0, 0.1) is 11.8 Å². The van der Waals surface area contributed by atoms with Crippen molar-refractivity contribution in [3.8, 4) is 0 Å². The lowest BCUT2D eigenvalue weighted by Crippen LogP contribution is -2.23. The van der Waals surface area contributed by atoms with Gasteiger partial charge in [0.15, 0.2) is 0 Å². The minimum Gasteiger partial charge on any atom is -0.285 e. The molecule has 2 saturated carbocycles. The van der Waals surface area contributed by atoms with E-state index < -0.39 is 0 Å². The predicted molar refractivity (Wildman–Crippen MR) is 98.3 cm³/mol. The SMILES string of the molecule is CC(=N[C@@H](C)C1CCCCC1)C(C)=N[C@@H](C)C1CCCCC1. The maximum absolute atomic E-state index is 4.98. The zero-order valence-electron chi connectivity index (χ0n) is 15.3. The average Bonchev–Trinajstić information content (AvgIpc) is 2.56. The van der Waals surface area contributed by atoms with Gasteiger partial charge in [-0.15, -0.1) is 0 Å². The highest BCUT2D eigenvalue weighted by Gasteiger charge is 2.21. The van der Waals surface area contributed by atoms with Crippen molar-refractivity contribution in [2.75, 3.05) is 0 Å². The molecule has 0 aromatic heterocycles. The molecule has 0 aromatic carbocycles. The molecule has 0 heterocycles. The second-order valence-electron chi connectivity index (χ2n) is 7.71. The van der Waals surface area contributed by atoms with Gasteiger partial charge in [-0.1, -0.05) is 38.5 Å². The first kappa shape index (κ1) is 17.7. The first-order valence-corrected chi connectivity index (χ1v) is 9.67. The van der Waals surface area contributed by atoms with E-state index in [4.69, 9.17) is 9.98 Å². The Labute approximate surface area is 137 Å². The quantitative estimate of drug-likeness (QED) is 0.569. The fraction of sp³-hybridized carbons (Fsp3) is 0.900. The summed E-state index contributed by atoms with van der Waals surface area (Å²) in [5, 5.41) is 0. The van der Waals surface area contributed by atoms with Crippen molar-refractivity contribution in [1.82, 2.24) is 0 Å². The topological polar surface area (TPSA) is 24.7 Å². The van der Waals surface area contributed by atoms with E-state index in [1.165, 1.54) is 75.6 Å². The summed E-state index contributed by atoms with van der Waals surface area (Å²) in [7, 11) is 0. The van der Waals surface area contributed by atoms with Crippen molar-refractivity contribution >= 4 is 11.4 Å². The molecule has 2 fully saturated rings. The monoisotopic (exact) mass is 304 g/mol. The van der Waals surface area contributed by atoms with Crippen LogP contribution >= 0.6 is 0 Å². The molecule has 0 radical (unpaired) electrons. The smallest absolute Gasteiger partial charge is 0.0528 e. The van der Waals surface area contributed by atoms with Crippen LogP contribution in [0.25, 0.3) is 0 Å². The molecule has 0 bridgehead atoms. The predicted octanol–water partition coefficient (Wildman–Crippen LogP) is 5.85. The van der Waals surface area contributed by atoms with Crippen molar-refractivity contribution < 1.29 is 0 Å². The van der Waals surface area contributed by atoms with Crippen molar-refractivity contribution in [1.29, 1.82) is 0 Å². The van der Waals surface area contributed by atoms with E-state index in [-0.39, 0.29) is 0 Å². The molecule has 22 heavy (non-hydrogen) atoms. The summed E-state index contributed by atoms with van der Waals surface area (Å²) in [4.78, 5) is 9.97. The lowest BCUT2D eigenvalue weighted by molar-refractivity contribution is 0.317. The minimum atomic E-state index is 0.468. The van der Waals surface area contributed by atoms with Gasteiger partial charge in [0.25, 0.3) is 0 Å². The van der Waals surface area contributed by atoms with Crippen LogP contribution in [0.5, 0.6) is 0 Å². The van der Waals surface area contributed by atoms with Crippen molar-refractivity contribution in [3.05, 3.63) is 0 Å². The third-order valence-corrected chi connectivity index (χ3v) is 5.98. The molecule has 2 aliphatic rings. The molecule has 2 atom stereocenters. The third kappa shape index (κ3) is 5.21. The zero-order valence-corrected chi connectivity index (χ0v) is 15.3. The zero-order chi connectivity index (χ0) is 15.9. The van der Waals surface area contributed by atoms with Crippen LogP contribution < -0.4 is 0 Å². The number of aliphatic imine (C=N–C) groups is 2. The third-order valence-electron chi connectivity index (χ3n) is 5.98. The summed E-state index contributed by atoms with van der Waals surface area (Å²) in [5.41, 5.74) is 2.33. The summed E-state index contributed by atoms with van der Waals surface area (Å²) in [5.74, 6) is 1.60. The second kappa shape index (κ2) is 8.84. The van der Waals surface area contributed by atoms with Gasteiger partial charge in [0.2, 0.25) is 0 Å². The van der Waals surface area contributed by atoms with Gasteiger partial charge in [0.05, 0.1) is 23.5 Å². The molecule has 0 saturated heterocycles. The van der Waals surface area contributed by atoms with E-state index in [2.05, 4.69) is 27.7 Å². The first-order chi connectivity index (χ1) is 10.6. The maximum atomic E-state index is 4.98. The Balaban J connectivity index is 1.92. The standard InChI is InChI=1S/C20H36N2/c1-15(21-17(3)19-11-7-5-8-12-19)16(2)22-18(4)20-13-9-6-10-14-20/h17-20H,5-14H2,1-4H3/t17-,18-/m0/s1. The summed E-state index contributed by atoms with van der Waals surface area (Å²) < 4.78 is 0. The van der Waals surface area contributed by atoms with E-state index in [1.807, 2.05) is 0 Å². The lowest BCUT2D eigenvalue weighted by Gasteiger charge is -2.26. The highest BCUT2D eigenvalue weighted by Crippen LogP contribution is 2.29. The molecular formula is C20H36N2. The fourth-order valence-corrected chi connectivity index (χ4v) is 4.24. The number of nitrogens with zero attached hydrogens (tertiary/aromatic N) is 2. The van der Waals surface area contributed by atoms with E-state index >= 15 is 0 Å². The molecule has 0 aromatic rings. The Morgan fingerprint density at radius 2 is 0.955 bits per heavy atom. The normalized spacial score (nSPS) is 26.0. The molecule has 0 unspecified atom stereocenters. The van der Waals surface area contributed by atoms with Crippen LogP contribution in [-0.4, -0.2) is 23.5 Å². The highest BCUT2D eigenvalue weighted by atomic mass is 14.9. The van der Waals surface area contributed by atoms with Crippen LogP contribution in [0.3, 0.4) is 0 Å². The first-order valence-electron chi connectivity index (χ1n) is 9.67. The van der Waals surface area contributed by atoms with Gasteiger partial charge in [0.1, 0.15) is 0 Å². The molecule has 2 nitrogen and oxygen atoms in total. The Bertz CT molecular complexity index is 347. The number of hydrogen-bond acceptors (Lipinski definition) is 2. The van der Waals surface area contributed by atoms with Gasteiger partial charge >= 0.3 is 0 Å². The van der Waals surface area contributed by atoms with Gasteiger partial charge in [-0.3, -0.25) is 9.98 Å².